The SMILES string of the molecule is CN1CCC[C@@H](C(=O)O)N(C=O)C1. The van der Waals surface area contributed by atoms with Gasteiger partial charge in [0.15, 0.2) is 0 Å². The zero-order valence-corrected chi connectivity index (χ0v) is 7.64. The summed E-state index contributed by atoms with van der Waals surface area (Å²) < 4.78 is 0. The van der Waals surface area contributed by atoms with Crippen LogP contribution >= 0.6 is 0 Å². The van der Waals surface area contributed by atoms with Crippen molar-refractivity contribution in [1.82, 2.24) is 9.80 Å². The first-order valence-electron chi connectivity index (χ1n) is 4.27. The van der Waals surface area contributed by atoms with Gasteiger partial charge in [0, 0.05) is 0 Å². The molecule has 0 bridgehead atoms. The van der Waals surface area contributed by atoms with E-state index in [1.165, 1.54) is 4.90 Å². The Kier molecular flexibility index (Phi) is 3.25. The summed E-state index contributed by atoms with van der Waals surface area (Å²) in [5.74, 6) is -0.914. The molecule has 1 aliphatic heterocycles. The third-order valence-corrected chi connectivity index (χ3v) is 2.24. The third kappa shape index (κ3) is 2.42. The van der Waals surface area contributed by atoms with Gasteiger partial charge in [-0.25, -0.2) is 4.79 Å². The van der Waals surface area contributed by atoms with E-state index in [0.29, 0.717) is 19.5 Å². The number of rotatable bonds is 2. The number of aliphatic carboxylic acids is 1. The number of carboxylic acid groups (broad SMARTS) is 1. The number of hydrogen-bond acceptors (Lipinski definition) is 3. The number of hydrogen-bond donors (Lipinski definition) is 1. The number of carbonyl (C=O) groups is 2. The highest BCUT2D eigenvalue weighted by molar-refractivity contribution is 5.76. The van der Waals surface area contributed by atoms with E-state index in [-0.39, 0.29) is 0 Å². The highest BCUT2D eigenvalue weighted by Gasteiger charge is 2.27. The maximum atomic E-state index is 10.8. The molecular weight excluding hydrogens is 172 g/mol. The van der Waals surface area contributed by atoms with Crippen molar-refractivity contribution < 1.29 is 14.7 Å². The average Bonchev–Trinajstić information content (AvgIpc) is 2.26. The first kappa shape index (κ1) is 9.98. The number of carboxylic acids is 1. The van der Waals surface area contributed by atoms with Gasteiger partial charge in [-0.05, 0) is 26.4 Å². The van der Waals surface area contributed by atoms with Crippen molar-refractivity contribution in [3.63, 3.8) is 0 Å². The topological polar surface area (TPSA) is 60.9 Å². The largest absolute Gasteiger partial charge is 0.480 e. The fraction of sp³-hybridized carbons (Fsp3) is 0.750. The smallest absolute Gasteiger partial charge is 0.326 e. The molecule has 0 aliphatic carbocycles. The summed E-state index contributed by atoms with van der Waals surface area (Å²) in [5.41, 5.74) is 0. The van der Waals surface area contributed by atoms with Gasteiger partial charge in [0.25, 0.3) is 0 Å². The lowest BCUT2D eigenvalue weighted by Gasteiger charge is -2.24. The number of carbonyl (C=O) groups excluding carboxylic acids is 1. The van der Waals surface area contributed by atoms with Crippen LogP contribution in [0, 0.1) is 0 Å². The van der Waals surface area contributed by atoms with Crippen LogP contribution in [-0.4, -0.2) is 53.6 Å². The fourth-order valence-electron chi connectivity index (χ4n) is 1.54. The van der Waals surface area contributed by atoms with Crippen molar-refractivity contribution >= 4 is 12.4 Å². The van der Waals surface area contributed by atoms with Crippen molar-refractivity contribution in [1.29, 1.82) is 0 Å². The fourth-order valence-corrected chi connectivity index (χ4v) is 1.54. The normalized spacial score (nSPS) is 25.3. The van der Waals surface area contributed by atoms with E-state index in [0.717, 1.165) is 13.0 Å². The van der Waals surface area contributed by atoms with Crippen LogP contribution in [0.4, 0.5) is 0 Å². The second-order valence-electron chi connectivity index (χ2n) is 3.34. The zero-order chi connectivity index (χ0) is 9.84. The minimum Gasteiger partial charge on any atom is -0.480 e. The standard InChI is InChI=1S/C8H14N2O3/c1-9-4-2-3-7(8(12)13)10(5-9)6-11/h6-7H,2-5H2,1H3,(H,12,13)/t7-/m0/s1. The predicted octanol–water partition coefficient (Wildman–Crippen LogP) is -0.419. The molecule has 1 amide bonds. The third-order valence-electron chi connectivity index (χ3n) is 2.24. The molecule has 1 rings (SSSR count). The minimum absolute atomic E-state index is 0.403. The van der Waals surface area contributed by atoms with Crippen LogP contribution in [0.15, 0.2) is 0 Å². The van der Waals surface area contributed by atoms with Crippen LogP contribution in [0.25, 0.3) is 0 Å². The molecule has 1 aliphatic rings. The zero-order valence-electron chi connectivity index (χ0n) is 7.64. The molecule has 1 heterocycles. The Morgan fingerprint density at radius 3 is 2.85 bits per heavy atom. The van der Waals surface area contributed by atoms with Crippen LogP contribution in [-0.2, 0) is 9.59 Å². The molecule has 1 N–H and O–H groups in total. The van der Waals surface area contributed by atoms with Crippen molar-refractivity contribution in [3.05, 3.63) is 0 Å². The molecule has 13 heavy (non-hydrogen) atoms. The van der Waals surface area contributed by atoms with Crippen LogP contribution in [0.5, 0.6) is 0 Å². The second-order valence-corrected chi connectivity index (χ2v) is 3.34. The van der Waals surface area contributed by atoms with Crippen molar-refractivity contribution in [2.75, 3.05) is 20.3 Å². The Hall–Kier alpha value is -1.10. The lowest BCUT2D eigenvalue weighted by Crippen LogP contribution is -2.43. The van der Waals surface area contributed by atoms with Gasteiger partial charge in [-0.15, -0.1) is 0 Å². The van der Waals surface area contributed by atoms with Crippen molar-refractivity contribution in [2.45, 2.75) is 18.9 Å². The Balaban J connectivity index is 2.69. The van der Waals surface area contributed by atoms with Crippen LogP contribution in [0.1, 0.15) is 12.8 Å². The quantitative estimate of drug-likeness (QED) is 0.595. The van der Waals surface area contributed by atoms with Gasteiger partial charge in [-0.1, -0.05) is 0 Å². The summed E-state index contributed by atoms with van der Waals surface area (Å²) in [6.07, 6.45) is 1.97. The Morgan fingerprint density at radius 2 is 2.31 bits per heavy atom. The summed E-state index contributed by atoms with van der Waals surface area (Å²) in [7, 11) is 1.88. The summed E-state index contributed by atoms with van der Waals surface area (Å²) in [4.78, 5) is 24.6. The second kappa shape index (κ2) is 4.23. The van der Waals surface area contributed by atoms with E-state index >= 15 is 0 Å². The molecule has 0 unspecified atom stereocenters. The van der Waals surface area contributed by atoms with Gasteiger partial charge < -0.3 is 10.0 Å². The van der Waals surface area contributed by atoms with E-state index in [4.69, 9.17) is 5.11 Å². The van der Waals surface area contributed by atoms with Crippen LogP contribution in [0.2, 0.25) is 0 Å². The van der Waals surface area contributed by atoms with E-state index < -0.39 is 12.0 Å². The maximum Gasteiger partial charge on any atom is 0.326 e. The van der Waals surface area contributed by atoms with Crippen molar-refractivity contribution in [3.8, 4) is 0 Å². The van der Waals surface area contributed by atoms with E-state index in [2.05, 4.69) is 0 Å². The van der Waals surface area contributed by atoms with Gasteiger partial charge in [0.05, 0.1) is 6.67 Å². The lowest BCUT2D eigenvalue weighted by atomic mass is 10.1. The molecule has 0 saturated carbocycles. The van der Waals surface area contributed by atoms with E-state index in [1.54, 1.807) is 0 Å². The molecule has 0 spiro atoms. The highest BCUT2D eigenvalue weighted by Crippen LogP contribution is 2.11. The molecule has 0 aromatic carbocycles. The van der Waals surface area contributed by atoms with Gasteiger partial charge in [0.2, 0.25) is 6.41 Å². The molecule has 5 heteroatoms. The molecule has 0 radical (unpaired) electrons. The maximum absolute atomic E-state index is 10.8. The van der Waals surface area contributed by atoms with Crippen LogP contribution in [0.3, 0.4) is 0 Å². The number of nitrogens with zero attached hydrogens (tertiary/aromatic N) is 2. The molecule has 74 valence electrons. The van der Waals surface area contributed by atoms with Gasteiger partial charge in [-0.3, -0.25) is 9.69 Å². The minimum atomic E-state index is -0.914. The van der Waals surface area contributed by atoms with E-state index in [1.807, 2.05) is 11.9 Å². The monoisotopic (exact) mass is 186 g/mol. The summed E-state index contributed by atoms with van der Waals surface area (Å²) in [5, 5.41) is 8.83. The summed E-state index contributed by atoms with van der Waals surface area (Å²) >= 11 is 0. The Bertz CT molecular complexity index is 208. The molecule has 5 nitrogen and oxygen atoms in total. The van der Waals surface area contributed by atoms with E-state index in [9.17, 15) is 9.59 Å². The molecule has 1 fully saturated rings. The first-order chi connectivity index (χ1) is 6.15. The number of amides is 1. The highest BCUT2D eigenvalue weighted by atomic mass is 16.4. The van der Waals surface area contributed by atoms with Gasteiger partial charge in [-0.2, -0.15) is 0 Å². The lowest BCUT2D eigenvalue weighted by molar-refractivity contribution is -0.147. The molecule has 0 aromatic rings. The Labute approximate surface area is 76.9 Å². The van der Waals surface area contributed by atoms with Crippen molar-refractivity contribution in [2.24, 2.45) is 0 Å². The summed E-state index contributed by atoms with van der Waals surface area (Å²) in [6.45, 7) is 1.24. The Morgan fingerprint density at radius 1 is 1.62 bits per heavy atom. The van der Waals surface area contributed by atoms with Gasteiger partial charge in [0.1, 0.15) is 6.04 Å². The first-order valence-corrected chi connectivity index (χ1v) is 4.27. The molecular formula is C8H14N2O3. The molecule has 1 atom stereocenters. The summed E-state index contributed by atoms with van der Waals surface area (Å²) in [6, 6.07) is -0.651. The predicted molar refractivity (Wildman–Crippen MR) is 46.1 cm³/mol. The van der Waals surface area contributed by atoms with Crippen LogP contribution < -0.4 is 0 Å². The average molecular weight is 186 g/mol. The molecule has 1 saturated heterocycles. The molecule has 0 aromatic heterocycles. The van der Waals surface area contributed by atoms with Gasteiger partial charge >= 0.3 is 5.97 Å².